The number of nitrogens with zero attached hydrogens (tertiary/aromatic N) is 1. The van der Waals surface area contributed by atoms with Crippen LogP contribution in [0.1, 0.15) is 19.0 Å². The number of aromatic nitrogens is 2. The highest BCUT2D eigenvalue weighted by Gasteiger charge is 2.13. The van der Waals surface area contributed by atoms with Gasteiger partial charge in [0.1, 0.15) is 0 Å². The molecule has 1 rings (SSSR count). The van der Waals surface area contributed by atoms with Crippen molar-refractivity contribution in [3.63, 3.8) is 0 Å². The predicted octanol–water partition coefficient (Wildman–Crippen LogP) is 0.452. The van der Waals surface area contributed by atoms with Crippen LogP contribution in [0.2, 0.25) is 0 Å². The van der Waals surface area contributed by atoms with Gasteiger partial charge in [-0.2, -0.15) is 5.10 Å². The fourth-order valence-corrected chi connectivity index (χ4v) is 2.07. The monoisotopic (exact) mass is 218 g/mol. The van der Waals surface area contributed by atoms with Crippen molar-refractivity contribution in [1.29, 1.82) is 0 Å². The molecule has 0 unspecified atom stereocenters. The number of anilines is 2. The van der Waals surface area contributed by atoms with Crippen molar-refractivity contribution < 1.29 is 8.42 Å². The predicted molar refractivity (Wildman–Crippen MR) is 55.4 cm³/mol. The summed E-state index contributed by atoms with van der Waals surface area (Å²) >= 11 is 0. The summed E-state index contributed by atoms with van der Waals surface area (Å²) < 4.78 is 25.0. The average molecular weight is 218 g/mol. The molecule has 0 amide bonds. The van der Waals surface area contributed by atoms with Crippen LogP contribution in [-0.2, 0) is 10.0 Å². The number of hydrogen-bond donors (Lipinski definition) is 3. The Hall–Kier alpha value is -1.24. The normalized spacial score (nSPS) is 11.6. The molecule has 0 aliphatic rings. The van der Waals surface area contributed by atoms with Gasteiger partial charge in [-0.05, 0) is 13.3 Å². The number of sulfonamides is 1. The van der Waals surface area contributed by atoms with Crippen LogP contribution in [0.5, 0.6) is 0 Å². The number of aromatic amines is 1. The molecule has 0 saturated carbocycles. The van der Waals surface area contributed by atoms with Gasteiger partial charge in [0.15, 0.2) is 5.82 Å². The molecule has 6 nitrogen and oxygen atoms in total. The van der Waals surface area contributed by atoms with E-state index in [1.54, 1.807) is 13.8 Å². The van der Waals surface area contributed by atoms with Gasteiger partial charge >= 0.3 is 0 Å². The molecule has 0 atom stereocenters. The Morgan fingerprint density at radius 3 is 2.64 bits per heavy atom. The maximum atomic E-state index is 11.3. The number of rotatable bonds is 4. The first-order valence-electron chi connectivity index (χ1n) is 4.27. The summed E-state index contributed by atoms with van der Waals surface area (Å²) in [6, 6.07) is 0. The van der Waals surface area contributed by atoms with Gasteiger partial charge in [0.05, 0.1) is 17.1 Å². The highest BCUT2D eigenvalue weighted by Crippen LogP contribution is 2.19. The molecule has 7 heteroatoms. The lowest BCUT2D eigenvalue weighted by Gasteiger charge is -2.03. The van der Waals surface area contributed by atoms with Crippen LogP contribution in [0.25, 0.3) is 0 Å². The summed E-state index contributed by atoms with van der Waals surface area (Å²) in [4.78, 5) is 0. The van der Waals surface area contributed by atoms with Crippen LogP contribution >= 0.6 is 0 Å². The number of nitrogens with one attached hydrogen (secondary N) is 2. The third kappa shape index (κ3) is 2.38. The molecule has 4 N–H and O–H groups in total. The van der Waals surface area contributed by atoms with Gasteiger partial charge in [-0.3, -0.25) is 9.82 Å². The molecule has 0 aromatic carbocycles. The van der Waals surface area contributed by atoms with E-state index in [0.717, 1.165) is 0 Å². The second-order valence-corrected chi connectivity index (χ2v) is 4.87. The summed E-state index contributed by atoms with van der Waals surface area (Å²) in [6.07, 6.45) is 0.554. The minimum absolute atomic E-state index is 0.0678. The van der Waals surface area contributed by atoms with Gasteiger partial charge in [0.2, 0.25) is 10.0 Å². The fourth-order valence-electron chi connectivity index (χ4n) is 0.983. The Morgan fingerprint density at radius 2 is 2.21 bits per heavy atom. The minimum Gasteiger partial charge on any atom is -0.394 e. The average Bonchev–Trinajstić information content (AvgIpc) is 2.35. The van der Waals surface area contributed by atoms with E-state index in [4.69, 9.17) is 5.73 Å². The molecular formula is C7H14N4O2S. The molecule has 14 heavy (non-hydrogen) atoms. The van der Waals surface area contributed by atoms with E-state index in [9.17, 15) is 8.42 Å². The van der Waals surface area contributed by atoms with Crippen molar-refractivity contribution in [1.82, 2.24) is 10.2 Å². The number of aryl methyl sites for hydroxylation is 1. The summed E-state index contributed by atoms with van der Waals surface area (Å²) in [5.74, 6) is 0.245. The topological polar surface area (TPSA) is 101 Å². The zero-order valence-corrected chi connectivity index (χ0v) is 8.98. The zero-order valence-electron chi connectivity index (χ0n) is 8.16. The number of nitrogens with two attached hydrogens (primary N) is 1. The zero-order chi connectivity index (χ0) is 10.8. The first-order valence-corrected chi connectivity index (χ1v) is 5.92. The van der Waals surface area contributed by atoms with Gasteiger partial charge in [-0.1, -0.05) is 6.92 Å². The summed E-state index contributed by atoms with van der Waals surface area (Å²) in [7, 11) is -3.31. The second kappa shape index (κ2) is 3.87. The van der Waals surface area contributed by atoms with Crippen molar-refractivity contribution in [2.45, 2.75) is 20.3 Å². The molecule has 1 heterocycles. The van der Waals surface area contributed by atoms with Crippen LogP contribution in [0.4, 0.5) is 11.5 Å². The molecule has 0 spiro atoms. The maximum absolute atomic E-state index is 11.3. The van der Waals surface area contributed by atoms with E-state index in [-0.39, 0.29) is 11.6 Å². The quantitative estimate of drug-likeness (QED) is 0.683. The number of H-pyrrole nitrogens is 1. The van der Waals surface area contributed by atoms with Gasteiger partial charge < -0.3 is 5.73 Å². The smallest absolute Gasteiger partial charge is 0.233 e. The first-order chi connectivity index (χ1) is 6.46. The van der Waals surface area contributed by atoms with Crippen LogP contribution in [-0.4, -0.2) is 24.4 Å². The van der Waals surface area contributed by atoms with Gasteiger partial charge in [-0.25, -0.2) is 8.42 Å². The third-order valence-corrected chi connectivity index (χ3v) is 3.17. The van der Waals surface area contributed by atoms with E-state index in [1.807, 2.05) is 0 Å². The van der Waals surface area contributed by atoms with E-state index in [2.05, 4.69) is 14.9 Å². The Morgan fingerprint density at radius 1 is 1.57 bits per heavy atom. The van der Waals surface area contributed by atoms with Crippen LogP contribution in [0.3, 0.4) is 0 Å². The van der Waals surface area contributed by atoms with Crippen LogP contribution in [0.15, 0.2) is 0 Å². The molecule has 0 saturated heterocycles. The van der Waals surface area contributed by atoms with Crippen LogP contribution < -0.4 is 10.5 Å². The van der Waals surface area contributed by atoms with Crippen molar-refractivity contribution >= 4 is 21.5 Å². The summed E-state index contributed by atoms with van der Waals surface area (Å²) in [5.41, 5.74) is 6.57. The van der Waals surface area contributed by atoms with Crippen molar-refractivity contribution in [3.05, 3.63) is 5.69 Å². The van der Waals surface area contributed by atoms with Crippen molar-refractivity contribution in [2.24, 2.45) is 0 Å². The lowest BCUT2D eigenvalue weighted by molar-refractivity contribution is 0.599. The van der Waals surface area contributed by atoms with E-state index in [1.165, 1.54) is 0 Å². The Kier molecular flexibility index (Phi) is 3.00. The van der Waals surface area contributed by atoms with Gasteiger partial charge in [0.25, 0.3) is 0 Å². The van der Waals surface area contributed by atoms with Gasteiger partial charge in [-0.15, -0.1) is 0 Å². The molecule has 0 fully saturated rings. The molecule has 1 aromatic heterocycles. The highest BCUT2D eigenvalue weighted by atomic mass is 32.2. The van der Waals surface area contributed by atoms with E-state index in [0.29, 0.717) is 17.8 Å². The fraction of sp³-hybridized carbons (Fsp3) is 0.571. The van der Waals surface area contributed by atoms with E-state index < -0.39 is 10.0 Å². The first kappa shape index (κ1) is 10.8. The lowest BCUT2D eigenvalue weighted by atomic mass is 10.4. The largest absolute Gasteiger partial charge is 0.394 e. The Labute approximate surface area is 82.9 Å². The van der Waals surface area contributed by atoms with Crippen molar-refractivity contribution in [3.8, 4) is 0 Å². The van der Waals surface area contributed by atoms with Crippen LogP contribution in [0, 0.1) is 6.92 Å². The third-order valence-electron chi connectivity index (χ3n) is 1.72. The molecule has 0 bridgehead atoms. The molecule has 0 aliphatic heterocycles. The van der Waals surface area contributed by atoms with Gasteiger partial charge in [0, 0.05) is 0 Å². The Balaban J connectivity index is 2.84. The summed E-state index contributed by atoms with van der Waals surface area (Å²) in [5, 5.41) is 6.34. The molecule has 0 radical (unpaired) electrons. The molecule has 0 aliphatic carbocycles. The second-order valence-electron chi connectivity index (χ2n) is 3.03. The number of nitrogen functional groups attached to an aromatic ring is 1. The maximum Gasteiger partial charge on any atom is 0.233 e. The lowest BCUT2D eigenvalue weighted by Crippen LogP contribution is -2.17. The molecule has 80 valence electrons. The minimum atomic E-state index is -3.31. The highest BCUT2D eigenvalue weighted by molar-refractivity contribution is 7.92. The Bertz CT molecular complexity index is 409. The molecule has 1 aromatic rings. The SMILES string of the molecule is CCCS(=O)(=O)Nc1n[nH]c(C)c1N. The van der Waals surface area contributed by atoms with E-state index >= 15 is 0 Å². The molecular weight excluding hydrogens is 204 g/mol. The number of hydrogen-bond acceptors (Lipinski definition) is 4. The summed E-state index contributed by atoms with van der Waals surface area (Å²) in [6.45, 7) is 3.51. The standard InChI is InChI=1S/C7H14N4O2S/c1-3-4-14(12,13)11-7-6(8)5(2)9-10-7/h3-4,8H2,1-2H3,(H2,9,10,11). The van der Waals surface area contributed by atoms with Crippen molar-refractivity contribution in [2.75, 3.05) is 16.2 Å².